The van der Waals surface area contributed by atoms with Gasteiger partial charge in [0.15, 0.2) is 0 Å². The summed E-state index contributed by atoms with van der Waals surface area (Å²) in [6.07, 6.45) is -4.57. The molecule has 1 heterocycles. The summed E-state index contributed by atoms with van der Waals surface area (Å²) in [6.45, 7) is 0.00559. The van der Waals surface area contributed by atoms with E-state index in [9.17, 15) is 17.6 Å². The summed E-state index contributed by atoms with van der Waals surface area (Å²) in [5.74, 6) is -0.307. The Morgan fingerprint density at radius 1 is 1.09 bits per heavy atom. The third kappa shape index (κ3) is 2.57. The summed E-state index contributed by atoms with van der Waals surface area (Å²) in [7, 11) is 0. The number of furan rings is 1. The minimum atomic E-state index is -4.57. The maximum Gasteiger partial charge on any atom is 0.420 e. The fourth-order valence-corrected chi connectivity index (χ4v) is 2.27. The zero-order valence-corrected chi connectivity index (χ0v) is 11.2. The number of nitrogens with two attached hydrogens (primary N) is 1. The molecule has 0 fully saturated rings. The van der Waals surface area contributed by atoms with Crippen molar-refractivity contribution >= 4 is 11.0 Å². The Morgan fingerprint density at radius 2 is 1.86 bits per heavy atom. The molecule has 0 aliphatic rings. The van der Waals surface area contributed by atoms with Crippen LogP contribution in [0.15, 0.2) is 40.8 Å². The first-order chi connectivity index (χ1) is 10.4. The molecule has 2 N–H and O–H groups in total. The molecule has 1 radical (unpaired) electrons. The summed E-state index contributed by atoms with van der Waals surface area (Å²) in [6, 6.07) is 10.2. The molecule has 0 unspecified atom stereocenters. The molecule has 0 bridgehead atoms. The van der Waals surface area contributed by atoms with Crippen molar-refractivity contribution in [3.8, 4) is 11.1 Å². The van der Waals surface area contributed by atoms with E-state index in [1.54, 1.807) is 6.07 Å². The Morgan fingerprint density at radius 3 is 2.45 bits per heavy atom. The Kier molecular flexibility index (Phi) is 3.41. The maximum atomic E-state index is 13.2. The van der Waals surface area contributed by atoms with Gasteiger partial charge >= 0.3 is 6.18 Å². The molecule has 0 amide bonds. The minimum absolute atomic E-state index is 0.00559. The lowest BCUT2D eigenvalue weighted by Gasteiger charge is -2.10. The Hall–Kier alpha value is -2.34. The van der Waals surface area contributed by atoms with Gasteiger partial charge in [-0.1, -0.05) is 6.07 Å². The van der Waals surface area contributed by atoms with Crippen LogP contribution in [-0.2, 0) is 12.7 Å². The van der Waals surface area contributed by atoms with Crippen LogP contribution in [0.25, 0.3) is 22.1 Å². The topological polar surface area (TPSA) is 39.2 Å². The fourth-order valence-electron chi connectivity index (χ4n) is 2.27. The number of fused-ring (bicyclic) bond motifs is 1. The number of rotatable bonds is 2. The van der Waals surface area contributed by atoms with Crippen LogP contribution in [-0.4, -0.2) is 0 Å². The van der Waals surface area contributed by atoms with Crippen LogP contribution in [0, 0.1) is 11.9 Å². The first kappa shape index (κ1) is 14.6. The van der Waals surface area contributed by atoms with Crippen molar-refractivity contribution in [3.63, 3.8) is 0 Å². The van der Waals surface area contributed by atoms with E-state index in [2.05, 4.69) is 6.07 Å². The van der Waals surface area contributed by atoms with Gasteiger partial charge in [-0.05, 0) is 41.5 Å². The maximum absolute atomic E-state index is 13.2. The number of hydrogen-bond donors (Lipinski definition) is 1. The average Bonchev–Trinajstić information content (AvgIpc) is 2.88. The van der Waals surface area contributed by atoms with Gasteiger partial charge in [-0.2, -0.15) is 13.2 Å². The molecule has 3 rings (SSSR count). The van der Waals surface area contributed by atoms with Crippen molar-refractivity contribution < 1.29 is 22.0 Å². The highest BCUT2D eigenvalue weighted by Crippen LogP contribution is 2.39. The third-order valence-electron chi connectivity index (χ3n) is 3.28. The molecule has 0 saturated carbocycles. The van der Waals surface area contributed by atoms with Gasteiger partial charge in [-0.3, -0.25) is 0 Å². The first-order valence-electron chi connectivity index (χ1n) is 6.40. The van der Waals surface area contributed by atoms with E-state index in [1.807, 2.05) is 0 Å². The van der Waals surface area contributed by atoms with Crippen LogP contribution >= 0.6 is 0 Å². The van der Waals surface area contributed by atoms with E-state index < -0.39 is 17.6 Å². The van der Waals surface area contributed by atoms with Gasteiger partial charge in [0.2, 0.25) is 0 Å². The van der Waals surface area contributed by atoms with E-state index in [0.717, 1.165) is 12.1 Å². The molecule has 6 heteroatoms. The highest BCUT2D eigenvalue weighted by Gasteiger charge is 2.35. The molecule has 22 heavy (non-hydrogen) atoms. The summed E-state index contributed by atoms with van der Waals surface area (Å²) in [4.78, 5) is 0. The predicted molar refractivity (Wildman–Crippen MR) is 73.3 cm³/mol. The first-order valence-corrected chi connectivity index (χ1v) is 6.40. The van der Waals surface area contributed by atoms with Gasteiger partial charge in [0.25, 0.3) is 0 Å². The van der Waals surface area contributed by atoms with Crippen LogP contribution in [0.5, 0.6) is 0 Å². The average molecular weight is 308 g/mol. The third-order valence-corrected chi connectivity index (χ3v) is 3.28. The second-order valence-corrected chi connectivity index (χ2v) is 4.78. The van der Waals surface area contributed by atoms with E-state index >= 15 is 0 Å². The molecule has 2 aromatic carbocycles. The van der Waals surface area contributed by atoms with Crippen molar-refractivity contribution in [2.45, 2.75) is 12.7 Å². The standard InChI is InChI=1S/C16H10F4NO/c17-12-3-1-9(2-4-12)10-5-11-6-13(8-21)22-15(11)14(7-10)16(18,19)20/h1-3,5-7H,8,21H2. The SMILES string of the molecule is NCc1cc2cc(-c3c[c]c(F)cc3)cc(C(F)(F)F)c2o1. The van der Waals surface area contributed by atoms with Gasteiger partial charge in [-0.15, -0.1) is 0 Å². The molecule has 113 valence electrons. The van der Waals surface area contributed by atoms with Crippen LogP contribution in [0.4, 0.5) is 17.6 Å². The molecule has 0 spiro atoms. The monoisotopic (exact) mass is 308 g/mol. The number of benzene rings is 2. The van der Waals surface area contributed by atoms with E-state index in [4.69, 9.17) is 10.2 Å². The molecule has 0 aliphatic heterocycles. The molecular formula is C16H10F4NO. The van der Waals surface area contributed by atoms with Gasteiger partial charge < -0.3 is 10.2 Å². The minimum Gasteiger partial charge on any atom is -0.459 e. The Labute approximate surface area is 123 Å². The molecule has 2 nitrogen and oxygen atoms in total. The summed E-state index contributed by atoms with van der Waals surface area (Å²) >= 11 is 0. The van der Waals surface area contributed by atoms with Crippen molar-refractivity contribution in [1.82, 2.24) is 0 Å². The fraction of sp³-hybridized carbons (Fsp3) is 0.125. The van der Waals surface area contributed by atoms with Gasteiger partial charge in [0, 0.05) is 11.5 Å². The lowest BCUT2D eigenvalue weighted by atomic mass is 10.0. The van der Waals surface area contributed by atoms with Crippen LogP contribution in [0.1, 0.15) is 11.3 Å². The van der Waals surface area contributed by atoms with Crippen LogP contribution < -0.4 is 5.73 Å². The number of halogens is 4. The zero-order valence-electron chi connectivity index (χ0n) is 11.2. The molecule has 0 atom stereocenters. The van der Waals surface area contributed by atoms with Crippen molar-refractivity contribution in [2.24, 2.45) is 5.73 Å². The van der Waals surface area contributed by atoms with Crippen LogP contribution in [0.2, 0.25) is 0 Å². The molecule has 0 aliphatic carbocycles. The summed E-state index contributed by atoms with van der Waals surface area (Å²) < 4.78 is 57.8. The normalized spacial score (nSPS) is 12.0. The van der Waals surface area contributed by atoms with Gasteiger partial charge in [0.05, 0.1) is 12.1 Å². The smallest absolute Gasteiger partial charge is 0.420 e. The second-order valence-electron chi connectivity index (χ2n) is 4.78. The molecule has 1 aromatic heterocycles. The molecule has 0 saturated heterocycles. The Bertz CT molecular complexity index is 819. The number of hydrogen-bond acceptors (Lipinski definition) is 2. The molecule has 3 aromatic rings. The Balaban J connectivity index is 2.26. The highest BCUT2D eigenvalue weighted by molar-refractivity contribution is 5.87. The van der Waals surface area contributed by atoms with Gasteiger partial charge in [-0.25, -0.2) is 4.39 Å². The van der Waals surface area contributed by atoms with Crippen molar-refractivity contribution in [1.29, 1.82) is 0 Å². The lowest BCUT2D eigenvalue weighted by Crippen LogP contribution is -2.05. The summed E-state index contributed by atoms with van der Waals surface area (Å²) in [5, 5.41) is 0.301. The van der Waals surface area contributed by atoms with Crippen LogP contribution in [0.3, 0.4) is 0 Å². The predicted octanol–water partition coefficient (Wildman–Crippen LogP) is 4.52. The zero-order chi connectivity index (χ0) is 15.9. The van der Waals surface area contributed by atoms with E-state index in [1.165, 1.54) is 18.2 Å². The van der Waals surface area contributed by atoms with E-state index in [-0.39, 0.29) is 17.9 Å². The van der Waals surface area contributed by atoms with E-state index in [0.29, 0.717) is 16.5 Å². The highest BCUT2D eigenvalue weighted by atomic mass is 19.4. The lowest BCUT2D eigenvalue weighted by molar-refractivity contribution is -0.136. The number of alkyl halides is 3. The molecular weight excluding hydrogens is 298 g/mol. The van der Waals surface area contributed by atoms with Gasteiger partial charge in [0.1, 0.15) is 17.2 Å². The second kappa shape index (κ2) is 5.14. The van der Waals surface area contributed by atoms with Crippen molar-refractivity contribution in [3.05, 3.63) is 59.6 Å². The largest absolute Gasteiger partial charge is 0.459 e. The quantitative estimate of drug-likeness (QED) is 0.707. The summed E-state index contributed by atoms with van der Waals surface area (Å²) in [5.41, 5.74) is 5.02. The van der Waals surface area contributed by atoms with Crippen molar-refractivity contribution in [2.75, 3.05) is 0 Å².